The van der Waals surface area contributed by atoms with Crippen molar-refractivity contribution in [2.75, 3.05) is 0 Å². The fourth-order valence-corrected chi connectivity index (χ4v) is 2.31. The SMILES string of the molecule is CC(C)CCC(Br)c1ccc(C(C)C)cc1. The van der Waals surface area contributed by atoms with Gasteiger partial charge in [-0.2, -0.15) is 0 Å². The highest BCUT2D eigenvalue weighted by atomic mass is 79.9. The van der Waals surface area contributed by atoms with Crippen LogP contribution in [0.3, 0.4) is 0 Å². The molecule has 16 heavy (non-hydrogen) atoms. The lowest BCUT2D eigenvalue weighted by Crippen LogP contribution is -1.95. The van der Waals surface area contributed by atoms with Crippen molar-refractivity contribution in [2.45, 2.75) is 51.3 Å². The Morgan fingerprint density at radius 3 is 1.81 bits per heavy atom. The van der Waals surface area contributed by atoms with Gasteiger partial charge in [-0.3, -0.25) is 0 Å². The van der Waals surface area contributed by atoms with Gasteiger partial charge in [0.1, 0.15) is 0 Å². The highest BCUT2D eigenvalue weighted by Gasteiger charge is 2.08. The fourth-order valence-electron chi connectivity index (χ4n) is 1.74. The number of hydrogen-bond acceptors (Lipinski definition) is 0. The Hall–Kier alpha value is -0.300. The molecule has 0 nitrogen and oxygen atoms in total. The molecule has 0 radical (unpaired) electrons. The van der Waals surface area contributed by atoms with Crippen LogP contribution in [0, 0.1) is 5.92 Å². The van der Waals surface area contributed by atoms with Gasteiger partial charge in [-0.25, -0.2) is 0 Å². The van der Waals surface area contributed by atoms with Crippen LogP contribution in [0.5, 0.6) is 0 Å². The number of halogens is 1. The molecule has 0 fully saturated rings. The zero-order valence-corrected chi connectivity index (χ0v) is 12.4. The second-order valence-corrected chi connectivity index (χ2v) is 6.37. The summed E-state index contributed by atoms with van der Waals surface area (Å²) in [5.74, 6) is 1.41. The Morgan fingerprint density at radius 1 is 0.875 bits per heavy atom. The Balaban J connectivity index is 2.59. The predicted octanol–water partition coefficient (Wildman–Crippen LogP) is 5.68. The predicted molar refractivity (Wildman–Crippen MR) is 76.3 cm³/mol. The molecule has 90 valence electrons. The van der Waals surface area contributed by atoms with Gasteiger partial charge in [0.15, 0.2) is 0 Å². The molecule has 1 heteroatoms. The van der Waals surface area contributed by atoms with Crippen molar-refractivity contribution in [1.82, 2.24) is 0 Å². The lowest BCUT2D eigenvalue weighted by molar-refractivity contribution is 0.554. The van der Waals surface area contributed by atoms with Crippen LogP contribution < -0.4 is 0 Å². The van der Waals surface area contributed by atoms with Gasteiger partial charge in [0.2, 0.25) is 0 Å². The highest BCUT2D eigenvalue weighted by molar-refractivity contribution is 9.09. The summed E-state index contributed by atoms with van der Waals surface area (Å²) in [6.07, 6.45) is 2.50. The molecule has 0 aliphatic heterocycles. The van der Waals surface area contributed by atoms with Gasteiger partial charge in [0.25, 0.3) is 0 Å². The summed E-state index contributed by atoms with van der Waals surface area (Å²) in [5.41, 5.74) is 2.83. The zero-order chi connectivity index (χ0) is 12.1. The van der Waals surface area contributed by atoms with Crippen LogP contribution in [0.4, 0.5) is 0 Å². The van der Waals surface area contributed by atoms with E-state index in [2.05, 4.69) is 67.9 Å². The maximum Gasteiger partial charge on any atom is 0.0395 e. The van der Waals surface area contributed by atoms with E-state index in [4.69, 9.17) is 0 Å². The van der Waals surface area contributed by atoms with E-state index < -0.39 is 0 Å². The van der Waals surface area contributed by atoms with Crippen LogP contribution in [-0.4, -0.2) is 0 Å². The molecule has 1 aromatic rings. The first kappa shape index (κ1) is 13.8. The van der Waals surface area contributed by atoms with Gasteiger partial charge in [0.05, 0.1) is 0 Å². The lowest BCUT2D eigenvalue weighted by Gasteiger charge is -2.13. The summed E-state index contributed by atoms with van der Waals surface area (Å²) in [5, 5.41) is 0. The normalized spacial score (nSPS) is 13.4. The molecular formula is C15H23Br. The van der Waals surface area contributed by atoms with Gasteiger partial charge >= 0.3 is 0 Å². The number of rotatable bonds is 5. The Labute approximate surface area is 109 Å². The monoisotopic (exact) mass is 282 g/mol. The van der Waals surface area contributed by atoms with E-state index in [1.807, 2.05) is 0 Å². The first-order valence-electron chi connectivity index (χ1n) is 6.24. The Bertz CT molecular complexity index is 298. The first-order chi connectivity index (χ1) is 7.50. The van der Waals surface area contributed by atoms with E-state index in [-0.39, 0.29) is 0 Å². The van der Waals surface area contributed by atoms with Crippen molar-refractivity contribution < 1.29 is 0 Å². The van der Waals surface area contributed by atoms with Crippen molar-refractivity contribution in [3.05, 3.63) is 35.4 Å². The molecule has 0 saturated heterocycles. The Kier molecular flexibility index (Phi) is 5.54. The molecule has 0 saturated carbocycles. The van der Waals surface area contributed by atoms with E-state index in [1.54, 1.807) is 0 Å². The standard InChI is InChI=1S/C15H23Br/c1-11(2)5-10-15(16)14-8-6-13(7-9-14)12(3)4/h6-9,11-12,15H,5,10H2,1-4H3. The summed E-state index contributed by atoms with van der Waals surface area (Å²) in [7, 11) is 0. The molecule has 0 aliphatic carbocycles. The van der Waals surface area contributed by atoms with Crippen molar-refractivity contribution in [3.63, 3.8) is 0 Å². The number of hydrogen-bond donors (Lipinski definition) is 0. The Morgan fingerprint density at radius 2 is 1.38 bits per heavy atom. The maximum atomic E-state index is 3.78. The smallest absolute Gasteiger partial charge is 0.0395 e. The summed E-state index contributed by atoms with van der Waals surface area (Å²) < 4.78 is 0. The molecule has 0 amide bonds. The summed E-state index contributed by atoms with van der Waals surface area (Å²) in [4.78, 5) is 0.510. The van der Waals surface area contributed by atoms with Crippen LogP contribution in [0.2, 0.25) is 0 Å². The molecule has 0 heterocycles. The third kappa shape index (κ3) is 4.29. The first-order valence-corrected chi connectivity index (χ1v) is 7.16. The number of benzene rings is 1. The van der Waals surface area contributed by atoms with Crippen LogP contribution in [0.25, 0.3) is 0 Å². The lowest BCUT2D eigenvalue weighted by atomic mass is 9.98. The van der Waals surface area contributed by atoms with E-state index >= 15 is 0 Å². The highest BCUT2D eigenvalue weighted by Crippen LogP contribution is 2.30. The molecule has 1 rings (SSSR count). The fraction of sp³-hybridized carbons (Fsp3) is 0.600. The average molecular weight is 283 g/mol. The van der Waals surface area contributed by atoms with Gasteiger partial charge in [0, 0.05) is 4.83 Å². The van der Waals surface area contributed by atoms with Crippen molar-refractivity contribution in [1.29, 1.82) is 0 Å². The quantitative estimate of drug-likeness (QED) is 0.610. The average Bonchev–Trinajstić information content (AvgIpc) is 2.26. The summed E-state index contributed by atoms with van der Waals surface area (Å²) >= 11 is 3.78. The van der Waals surface area contributed by atoms with Crippen LogP contribution in [-0.2, 0) is 0 Å². The van der Waals surface area contributed by atoms with E-state index in [0.717, 1.165) is 5.92 Å². The molecular weight excluding hydrogens is 260 g/mol. The minimum Gasteiger partial charge on any atom is -0.0839 e. The zero-order valence-electron chi connectivity index (χ0n) is 10.8. The third-order valence-corrected chi connectivity index (χ3v) is 3.95. The molecule has 1 atom stereocenters. The minimum atomic E-state index is 0.510. The van der Waals surface area contributed by atoms with Crippen molar-refractivity contribution in [2.24, 2.45) is 5.92 Å². The van der Waals surface area contributed by atoms with Gasteiger partial charge in [-0.1, -0.05) is 67.9 Å². The van der Waals surface area contributed by atoms with Crippen molar-refractivity contribution >= 4 is 15.9 Å². The van der Waals surface area contributed by atoms with Gasteiger partial charge < -0.3 is 0 Å². The molecule has 0 aromatic heterocycles. The second kappa shape index (κ2) is 6.44. The van der Waals surface area contributed by atoms with Crippen LogP contribution >= 0.6 is 15.9 Å². The summed E-state index contributed by atoms with van der Waals surface area (Å²) in [6.45, 7) is 9.03. The van der Waals surface area contributed by atoms with E-state index in [9.17, 15) is 0 Å². The molecule has 1 unspecified atom stereocenters. The van der Waals surface area contributed by atoms with E-state index in [1.165, 1.54) is 24.0 Å². The largest absolute Gasteiger partial charge is 0.0839 e. The third-order valence-electron chi connectivity index (χ3n) is 2.96. The van der Waals surface area contributed by atoms with Gasteiger partial charge in [-0.05, 0) is 35.8 Å². The second-order valence-electron chi connectivity index (χ2n) is 5.26. The van der Waals surface area contributed by atoms with Gasteiger partial charge in [-0.15, -0.1) is 0 Å². The molecule has 0 spiro atoms. The number of alkyl halides is 1. The molecule has 0 N–H and O–H groups in total. The molecule has 0 bridgehead atoms. The summed E-state index contributed by atoms with van der Waals surface area (Å²) in [6, 6.07) is 9.03. The molecule has 0 aliphatic rings. The minimum absolute atomic E-state index is 0.510. The van der Waals surface area contributed by atoms with Crippen molar-refractivity contribution in [3.8, 4) is 0 Å². The van der Waals surface area contributed by atoms with Crippen LogP contribution in [0.15, 0.2) is 24.3 Å². The van der Waals surface area contributed by atoms with Crippen LogP contribution in [0.1, 0.15) is 62.4 Å². The maximum absolute atomic E-state index is 3.78. The van der Waals surface area contributed by atoms with E-state index in [0.29, 0.717) is 10.7 Å². The topological polar surface area (TPSA) is 0 Å². The molecule has 1 aromatic carbocycles.